The highest BCUT2D eigenvalue weighted by Gasteiger charge is 2.58. The predicted molar refractivity (Wildman–Crippen MR) is 134 cm³/mol. The summed E-state index contributed by atoms with van der Waals surface area (Å²) in [6, 6.07) is 14.6. The number of benzene rings is 2. The van der Waals surface area contributed by atoms with Crippen molar-refractivity contribution in [3.05, 3.63) is 65.5 Å². The summed E-state index contributed by atoms with van der Waals surface area (Å²) in [5.74, 6) is -0.303. The third-order valence-electron chi connectivity index (χ3n) is 7.08. The molecule has 37 heavy (non-hydrogen) atoms. The minimum atomic E-state index is -1.39. The number of amides is 5. The van der Waals surface area contributed by atoms with E-state index >= 15 is 0 Å². The molecule has 2 unspecified atom stereocenters. The van der Waals surface area contributed by atoms with E-state index < -0.39 is 29.5 Å². The molecular formula is C26H28N6O5. The number of imidazole rings is 1. The number of fused-ring (bicyclic) bond motifs is 1. The first-order valence-corrected chi connectivity index (χ1v) is 12.1. The fraction of sp³-hybridized carbons (Fsp3) is 0.346. The molecule has 11 heteroatoms. The van der Waals surface area contributed by atoms with Crippen LogP contribution in [0.1, 0.15) is 41.5 Å². The first-order valence-electron chi connectivity index (χ1n) is 12.1. The van der Waals surface area contributed by atoms with E-state index in [-0.39, 0.29) is 31.5 Å². The maximum atomic E-state index is 12.9. The maximum absolute atomic E-state index is 12.9. The highest BCUT2D eigenvalue weighted by molar-refractivity contribution is 6.08. The molecule has 0 radical (unpaired) electrons. The molecule has 3 aromatic rings. The molecule has 2 atom stereocenters. The van der Waals surface area contributed by atoms with E-state index in [1.165, 1.54) is 0 Å². The number of para-hydroxylation sites is 2. The Kier molecular flexibility index (Phi) is 6.06. The number of urea groups is 1. The zero-order valence-electron chi connectivity index (χ0n) is 20.5. The van der Waals surface area contributed by atoms with Crippen molar-refractivity contribution in [1.82, 2.24) is 30.4 Å². The average Bonchev–Trinajstić information content (AvgIpc) is 3.51. The molecule has 2 aromatic carbocycles. The van der Waals surface area contributed by atoms with Crippen molar-refractivity contribution in [1.29, 1.82) is 0 Å². The molecule has 2 fully saturated rings. The van der Waals surface area contributed by atoms with Crippen molar-refractivity contribution >= 4 is 35.0 Å². The van der Waals surface area contributed by atoms with Gasteiger partial charge in [-0.3, -0.25) is 14.9 Å². The molecule has 1 aromatic heterocycles. The quantitative estimate of drug-likeness (QED) is 0.379. The van der Waals surface area contributed by atoms with Gasteiger partial charge in [0.2, 0.25) is 0 Å². The minimum absolute atomic E-state index is 0.0132. The van der Waals surface area contributed by atoms with Crippen LogP contribution in [0.15, 0.2) is 48.5 Å². The van der Waals surface area contributed by atoms with E-state index in [1.54, 1.807) is 12.1 Å². The van der Waals surface area contributed by atoms with Gasteiger partial charge in [0.25, 0.3) is 11.8 Å². The predicted octanol–water partition coefficient (Wildman–Crippen LogP) is 2.13. The van der Waals surface area contributed by atoms with Gasteiger partial charge in [-0.05, 0) is 29.8 Å². The Balaban J connectivity index is 1.28. The second-order valence-corrected chi connectivity index (χ2v) is 9.85. The maximum Gasteiger partial charge on any atom is 0.407 e. The van der Waals surface area contributed by atoms with Crippen LogP contribution in [0, 0.1) is 5.92 Å². The molecule has 4 N–H and O–H groups in total. The summed E-state index contributed by atoms with van der Waals surface area (Å²) < 4.78 is 2.18. The second-order valence-electron chi connectivity index (χ2n) is 9.85. The summed E-state index contributed by atoms with van der Waals surface area (Å²) in [7, 11) is 0. The largest absolute Gasteiger partial charge is 0.465 e. The smallest absolute Gasteiger partial charge is 0.407 e. The number of imide groups is 1. The van der Waals surface area contributed by atoms with Crippen LogP contribution >= 0.6 is 0 Å². The summed E-state index contributed by atoms with van der Waals surface area (Å²) in [5.41, 5.74) is 2.05. The molecule has 2 saturated heterocycles. The van der Waals surface area contributed by atoms with Gasteiger partial charge < -0.3 is 25.2 Å². The van der Waals surface area contributed by atoms with Crippen LogP contribution in [0.3, 0.4) is 0 Å². The Morgan fingerprint density at radius 3 is 2.54 bits per heavy atom. The van der Waals surface area contributed by atoms with Crippen LogP contribution in [-0.4, -0.2) is 68.7 Å². The number of nitrogens with one attached hydrogen (secondary N) is 3. The van der Waals surface area contributed by atoms with Gasteiger partial charge in [-0.25, -0.2) is 14.6 Å². The Labute approximate surface area is 212 Å². The third-order valence-corrected chi connectivity index (χ3v) is 7.08. The lowest BCUT2D eigenvalue weighted by atomic mass is 9.87. The normalized spacial score (nSPS) is 21.1. The summed E-state index contributed by atoms with van der Waals surface area (Å²) in [4.78, 5) is 54.5. The average molecular weight is 505 g/mol. The van der Waals surface area contributed by atoms with Crippen LogP contribution < -0.4 is 16.0 Å². The molecule has 0 bridgehead atoms. The van der Waals surface area contributed by atoms with Crippen LogP contribution in [0.2, 0.25) is 0 Å². The number of hydrogen-bond acceptors (Lipinski definition) is 5. The van der Waals surface area contributed by atoms with E-state index in [1.807, 2.05) is 36.4 Å². The molecule has 5 amide bonds. The number of hydrogen-bond donors (Lipinski definition) is 4. The molecule has 0 aliphatic carbocycles. The van der Waals surface area contributed by atoms with Gasteiger partial charge in [0.05, 0.1) is 17.6 Å². The van der Waals surface area contributed by atoms with E-state index in [9.17, 15) is 24.3 Å². The lowest BCUT2D eigenvalue weighted by Gasteiger charge is -2.26. The number of likely N-dealkylation sites (tertiary alicyclic amines) is 1. The summed E-state index contributed by atoms with van der Waals surface area (Å²) >= 11 is 0. The molecular weight excluding hydrogens is 476 g/mol. The van der Waals surface area contributed by atoms with Gasteiger partial charge in [0.15, 0.2) is 0 Å². The molecule has 3 heterocycles. The van der Waals surface area contributed by atoms with Gasteiger partial charge in [0, 0.05) is 37.0 Å². The molecule has 192 valence electrons. The summed E-state index contributed by atoms with van der Waals surface area (Å²) in [6.07, 6.45) is -1.19. The van der Waals surface area contributed by atoms with Crippen LogP contribution in [-0.2, 0) is 11.3 Å². The first kappa shape index (κ1) is 24.3. The van der Waals surface area contributed by atoms with Crippen LogP contribution in [0.5, 0.6) is 0 Å². The van der Waals surface area contributed by atoms with Crippen molar-refractivity contribution in [2.45, 2.75) is 31.8 Å². The molecule has 5 rings (SSSR count). The van der Waals surface area contributed by atoms with Crippen LogP contribution in [0.4, 0.5) is 9.59 Å². The number of nitrogens with zero attached hydrogens (tertiary/aromatic N) is 3. The highest BCUT2D eigenvalue weighted by atomic mass is 16.4. The topological polar surface area (TPSA) is 146 Å². The lowest BCUT2D eigenvalue weighted by Crippen LogP contribution is -2.56. The fourth-order valence-corrected chi connectivity index (χ4v) is 5.17. The van der Waals surface area contributed by atoms with Gasteiger partial charge in [-0.1, -0.05) is 38.1 Å². The van der Waals surface area contributed by atoms with E-state index in [4.69, 9.17) is 4.98 Å². The Morgan fingerprint density at radius 2 is 1.89 bits per heavy atom. The molecule has 2 aliphatic heterocycles. The number of carboxylic acid groups (broad SMARTS) is 1. The fourth-order valence-electron chi connectivity index (χ4n) is 5.17. The molecule has 2 aliphatic rings. The van der Waals surface area contributed by atoms with Crippen molar-refractivity contribution in [2.75, 3.05) is 19.6 Å². The molecule has 11 nitrogen and oxygen atoms in total. The summed E-state index contributed by atoms with van der Waals surface area (Å²) in [6.45, 7) is 4.69. The zero-order valence-corrected chi connectivity index (χ0v) is 20.5. The summed E-state index contributed by atoms with van der Waals surface area (Å²) in [5, 5.41) is 16.9. The van der Waals surface area contributed by atoms with Crippen molar-refractivity contribution in [3.8, 4) is 0 Å². The number of rotatable bonds is 6. The Hall–Kier alpha value is -4.41. The number of aromatic nitrogens is 2. The molecule has 0 saturated carbocycles. The molecule has 1 spiro atoms. The van der Waals surface area contributed by atoms with E-state index in [0.717, 1.165) is 27.3 Å². The lowest BCUT2D eigenvalue weighted by molar-refractivity contribution is -0.124. The SMILES string of the molecule is CC(C)c1nc2ccccc2n1Cc1ccc(C(=O)NCC2CN(C(=O)O)CC23NC(=O)NC3=O)cc1. The van der Waals surface area contributed by atoms with Gasteiger partial charge in [0.1, 0.15) is 11.4 Å². The van der Waals surface area contributed by atoms with E-state index in [2.05, 4.69) is 34.4 Å². The van der Waals surface area contributed by atoms with Gasteiger partial charge >= 0.3 is 12.1 Å². The Morgan fingerprint density at radius 1 is 1.16 bits per heavy atom. The van der Waals surface area contributed by atoms with Crippen molar-refractivity contribution in [2.24, 2.45) is 5.92 Å². The highest BCUT2D eigenvalue weighted by Crippen LogP contribution is 2.30. The Bertz CT molecular complexity index is 1400. The van der Waals surface area contributed by atoms with Crippen molar-refractivity contribution < 1.29 is 24.3 Å². The standard InChI is InChI=1S/C26H28N6O5/c1-15(2)21-28-19-5-3-4-6-20(19)32(21)12-16-7-9-17(10-8-16)22(33)27-11-18-13-31(25(36)37)14-26(18)23(34)29-24(35)30-26/h3-10,15,18H,11-14H2,1-2H3,(H,27,33)(H,36,37)(H2,29,30,34,35). The van der Waals surface area contributed by atoms with Gasteiger partial charge in [-0.2, -0.15) is 0 Å². The van der Waals surface area contributed by atoms with Gasteiger partial charge in [-0.15, -0.1) is 0 Å². The third kappa shape index (κ3) is 4.37. The van der Waals surface area contributed by atoms with Crippen LogP contribution in [0.25, 0.3) is 11.0 Å². The van der Waals surface area contributed by atoms with E-state index in [0.29, 0.717) is 12.1 Å². The number of carbonyl (C=O) groups is 4. The first-order chi connectivity index (χ1) is 17.7. The minimum Gasteiger partial charge on any atom is -0.465 e. The van der Waals surface area contributed by atoms with Crippen molar-refractivity contribution in [3.63, 3.8) is 0 Å². The second kappa shape index (κ2) is 9.23. The zero-order chi connectivity index (χ0) is 26.3. The number of carbonyl (C=O) groups excluding carboxylic acids is 3. The monoisotopic (exact) mass is 504 g/mol.